The van der Waals surface area contributed by atoms with Crippen LogP contribution < -0.4 is 52.0 Å². The molecule has 0 atom stereocenters. The Morgan fingerprint density at radius 3 is 1.24 bits per heavy atom. The van der Waals surface area contributed by atoms with Gasteiger partial charge in [0.15, 0.2) is 23.3 Å². The van der Waals surface area contributed by atoms with Gasteiger partial charge >= 0.3 is 0 Å². The summed E-state index contributed by atoms with van der Waals surface area (Å²) < 4.78 is 40.3. The number of pyridine rings is 2. The number of amides is 4. The summed E-state index contributed by atoms with van der Waals surface area (Å²) in [5.74, 6) is -0.428. The first-order valence-electron chi connectivity index (χ1n) is 22.0. The minimum absolute atomic E-state index is 0.0470. The van der Waals surface area contributed by atoms with Gasteiger partial charge in [0.25, 0.3) is 11.8 Å². The summed E-state index contributed by atoms with van der Waals surface area (Å²) in [5.41, 5.74) is 3.82. The van der Waals surface area contributed by atoms with Gasteiger partial charge in [0.2, 0.25) is 23.7 Å². The van der Waals surface area contributed by atoms with Gasteiger partial charge in [0.1, 0.15) is 34.4 Å². The maximum Gasteiger partial charge on any atom is 0.269 e. The van der Waals surface area contributed by atoms with E-state index in [0.717, 1.165) is 24.5 Å². The van der Waals surface area contributed by atoms with Crippen molar-refractivity contribution in [3.05, 3.63) is 194 Å². The standard InChI is InChI=1S/2C26H22FN7O3/c2*1-3-23(35)31-17-5-4-6-18(13-17)32-24-21(27)15-30-26(34-24)33-16-7-9-19(10-8-16)37-20-11-12-29-22(14-20)25(36)28-2/h2*3-15H,1H2,2H3,(H,28,36)(H,31,35)(H2,30,32,33,34). The first-order valence-corrected chi connectivity index (χ1v) is 22.0. The molecule has 4 aromatic carbocycles. The van der Waals surface area contributed by atoms with Gasteiger partial charge < -0.3 is 52.0 Å². The zero-order chi connectivity index (χ0) is 52.4. The second kappa shape index (κ2) is 24.8. The molecule has 0 aliphatic heterocycles. The predicted octanol–water partition coefficient (Wildman–Crippen LogP) is 9.55. The van der Waals surface area contributed by atoms with Crippen molar-refractivity contribution < 1.29 is 37.4 Å². The minimum atomic E-state index is -0.650. The van der Waals surface area contributed by atoms with Crippen LogP contribution in [0.1, 0.15) is 21.0 Å². The first-order chi connectivity index (χ1) is 35.9. The summed E-state index contributed by atoms with van der Waals surface area (Å²) >= 11 is 0. The minimum Gasteiger partial charge on any atom is -0.457 e. The number of nitrogens with zero attached hydrogens (tertiary/aromatic N) is 6. The second-order valence-electron chi connectivity index (χ2n) is 15.0. The molecule has 0 aliphatic rings. The fraction of sp³-hybridized carbons (Fsp3) is 0.0385. The van der Waals surface area contributed by atoms with Crippen molar-refractivity contribution in [2.75, 3.05) is 46.0 Å². The summed E-state index contributed by atoms with van der Waals surface area (Å²) in [4.78, 5) is 70.9. The lowest BCUT2D eigenvalue weighted by atomic mass is 10.2. The predicted molar refractivity (Wildman–Crippen MR) is 276 cm³/mol. The Morgan fingerprint density at radius 1 is 0.473 bits per heavy atom. The normalized spacial score (nSPS) is 10.2. The Bertz CT molecular complexity index is 3110. The second-order valence-corrected chi connectivity index (χ2v) is 15.0. The molecule has 0 fully saturated rings. The van der Waals surface area contributed by atoms with Crippen LogP contribution in [0.4, 0.5) is 66.4 Å². The van der Waals surface area contributed by atoms with Gasteiger partial charge in [0.05, 0.1) is 12.4 Å². The Balaban J connectivity index is 0.000000216. The van der Waals surface area contributed by atoms with Crippen molar-refractivity contribution in [1.82, 2.24) is 40.5 Å². The number of hydrogen-bond donors (Lipinski definition) is 8. The van der Waals surface area contributed by atoms with E-state index in [0.29, 0.717) is 57.1 Å². The third-order valence-electron chi connectivity index (χ3n) is 9.72. The van der Waals surface area contributed by atoms with Crippen molar-refractivity contribution in [2.45, 2.75) is 0 Å². The van der Waals surface area contributed by atoms with E-state index in [4.69, 9.17) is 9.47 Å². The molecule has 8 rings (SSSR count). The fourth-order valence-corrected chi connectivity index (χ4v) is 6.24. The molecular formula is C52H44F2N14O6. The lowest BCUT2D eigenvalue weighted by molar-refractivity contribution is -0.112. The first kappa shape index (κ1) is 51.2. The van der Waals surface area contributed by atoms with Crippen LogP contribution >= 0.6 is 0 Å². The maximum atomic E-state index is 14.4. The van der Waals surface area contributed by atoms with Crippen LogP contribution in [0.15, 0.2) is 171 Å². The van der Waals surface area contributed by atoms with Crippen molar-refractivity contribution in [3.8, 4) is 23.0 Å². The molecule has 0 unspecified atom stereocenters. The van der Waals surface area contributed by atoms with Crippen molar-refractivity contribution in [3.63, 3.8) is 0 Å². The van der Waals surface area contributed by atoms with Crippen LogP contribution in [-0.2, 0) is 9.59 Å². The van der Waals surface area contributed by atoms with E-state index in [1.165, 1.54) is 38.6 Å². The van der Waals surface area contributed by atoms with Gasteiger partial charge in [-0.2, -0.15) is 9.97 Å². The van der Waals surface area contributed by atoms with Gasteiger partial charge in [-0.15, -0.1) is 0 Å². The molecule has 20 nitrogen and oxygen atoms in total. The molecule has 4 aromatic heterocycles. The summed E-state index contributed by atoms with van der Waals surface area (Å²) in [6, 6.07) is 33.6. The van der Waals surface area contributed by atoms with E-state index in [2.05, 4.69) is 85.6 Å². The molecule has 4 amide bonds. The largest absolute Gasteiger partial charge is 0.457 e. The summed E-state index contributed by atoms with van der Waals surface area (Å²) in [6.45, 7) is 6.83. The van der Waals surface area contributed by atoms with Crippen molar-refractivity contribution in [2.24, 2.45) is 0 Å². The smallest absolute Gasteiger partial charge is 0.269 e. The zero-order valence-electron chi connectivity index (χ0n) is 39.3. The number of carbonyl (C=O) groups excluding carboxylic acids is 4. The number of aromatic nitrogens is 6. The highest BCUT2D eigenvalue weighted by Crippen LogP contribution is 2.28. The molecule has 0 aliphatic carbocycles. The fourth-order valence-electron chi connectivity index (χ4n) is 6.24. The lowest BCUT2D eigenvalue weighted by Gasteiger charge is -2.11. The Morgan fingerprint density at radius 2 is 0.865 bits per heavy atom. The van der Waals surface area contributed by atoms with Gasteiger partial charge in [-0.25, -0.2) is 18.7 Å². The molecular weight excluding hydrogens is 955 g/mol. The zero-order valence-corrected chi connectivity index (χ0v) is 39.3. The van der Waals surface area contributed by atoms with Crippen LogP contribution in [0.3, 0.4) is 0 Å². The molecule has 4 heterocycles. The van der Waals surface area contributed by atoms with Crippen molar-refractivity contribution >= 4 is 81.3 Å². The monoisotopic (exact) mass is 998 g/mol. The van der Waals surface area contributed by atoms with Crippen LogP contribution in [-0.4, -0.2) is 67.6 Å². The highest BCUT2D eigenvalue weighted by atomic mass is 19.1. The highest BCUT2D eigenvalue weighted by Gasteiger charge is 2.13. The summed E-state index contributed by atoms with van der Waals surface area (Å²) in [6.07, 6.45) is 7.38. The van der Waals surface area contributed by atoms with Gasteiger partial charge in [-0.05, 0) is 109 Å². The number of hydrogen-bond acceptors (Lipinski definition) is 16. The van der Waals surface area contributed by atoms with Crippen LogP contribution in [0.25, 0.3) is 0 Å². The molecule has 22 heteroatoms. The van der Waals surface area contributed by atoms with E-state index >= 15 is 0 Å². The molecule has 0 saturated heterocycles. The van der Waals surface area contributed by atoms with Crippen LogP contribution in [0, 0.1) is 11.6 Å². The summed E-state index contributed by atoms with van der Waals surface area (Å²) in [5, 5.41) is 22.1. The topological polar surface area (TPSA) is 260 Å². The Kier molecular flexibility index (Phi) is 17.1. The Labute approximate surface area is 421 Å². The van der Waals surface area contributed by atoms with E-state index in [1.54, 1.807) is 109 Å². The molecule has 8 N–H and O–H groups in total. The van der Waals surface area contributed by atoms with Crippen LogP contribution in [0.2, 0.25) is 0 Å². The number of halogens is 2. The average molecular weight is 999 g/mol. The van der Waals surface area contributed by atoms with E-state index in [9.17, 15) is 28.0 Å². The van der Waals surface area contributed by atoms with E-state index in [1.807, 2.05) is 0 Å². The summed E-state index contributed by atoms with van der Waals surface area (Å²) in [7, 11) is 3.05. The van der Waals surface area contributed by atoms with Crippen molar-refractivity contribution in [1.29, 1.82) is 0 Å². The molecule has 0 spiro atoms. The van der Waals surface area contributed by atoms with Gasteiger partial charge in [0, 0.05) is 72.7 Å². The highest BCUT2D eigenvalue weighted by molar-refractivity contribution is 6.00. The number of ether oxygens (including phenoxy) is 2. The van der Waals surface area contributed by atoms with E-state index in [-0.39, 0.29) is 58.5 Å². The number of nitrogens with one attached hydrogen (secondary N) is 8. The molecule has 8 aromatic rings. The molecule has 372 valence electrons. The third kappa shape index (κ3) is 14.7. The maximum absolute atomic E-state index is 14.4. The number of anilines is 10. The molecule has 0 saturated carbocycles. The quantitative estimate of drug-likeness (QED) is 0.0372. The van der Waals surface area contributed by atoms with Gasteiger partial charge in [-0.1, -0.05) is 25.3 Å². The van der Waals surface area contributed by atoms with Crippen LogP contribution in [0.5, 0.6) is 23.0 Å². The Hall–Kier alpha value is -10.6. The molecule has 74 heavy (non-hydrogen) atoms. The SMILES string of the molecule is C=CC(=O)Nc1cccc(Nc2nc(Nc3ccc(Oc4ccnc(C(=O)NC)c4)cc3)ncc2F)c1.C=CC(=O)Nc1cccc(Nc2nc(Nc3ccc(Oc4ccnc(C(=O)NC)c4)cc3)ncc2F)c1. The lowest BCUT2D eigenvalue weighted by Crippen LogP contribution is -2.18. The van der Waals surface area contributed by atoms with E-state index < -0.39 is 11.6 Å². The molecule has 0 radical (unpaired) electrons. The third-order valence-corrected chi connectivity index (χ3v) is 9.72. The van der Waals surface area contributed by atoms with Gasteiger partial charge in [-0.3, -0.25) is 29.1 Å². The number of benzene rings is 4. The molecule has 0 bridgehead atoms. The number of carbonyl (C=O) groups is 4. The number of rotatable bonds is 18. The average Bonchev–Trinajstić information content (AvgIpc) is 3.41.